The molecule has 0 fully saturated rings. The molecule has 0 bridgehead atoms. The number of nitro benzene ring substituents is 1. The van der Waals surface area contributed by atoms with Crippen LogP contribution in [0.3, 0.4) is 0 Å². The summed E-state index contributed by atoms with van der Waals surface area (Å²) in [7, 11) is 0. The van der Waals surface area contributed by atoms with Gasteiger partial charge in [0.2, 0.25) is 0 Å². The number of ether oxygens (including phenoxy) is 1. The highest BCUT2D eigenvalue weighted by Crippen LogP contribution is 2.34. The molecule has 3 aromatic rings. The summed E-state index contributed by atoms with van der Waals surface area (Å²) in [6.07, 6.45) is 1.40. The molecule has 154 valence electrons. The summed E-state index contributed by atoms with van der Waals surface area (Å²) >= 11 is 12.5. The van der Waals surface area contributed by atoms with Gasteiger partial charge in [-0.3, -0.25) is 10.1 Å². The van der Waals surface area contributed by atoms with Crippen molar-refractivity contribution in [2.75, 3.05) is 0 Å². The van der Waals surface area contributed by atoms with Crippen molar-refractivity contribution in [2.24, 2.45) is 5.16 Å². The van der Waals surface area contributed by atoms with Gasteiger partial charge in [-0.25, -0.2) is 4.39 Å². The fourth-order valence-electron chi connectivity index (χ4n) is 2.53. The third-order valence-electron chi connectivity index (χ3n) is 3.98. The van der Waals surface area contributed by atoms with Gasteiger partial charge in [-0.2, -0.15) is 0 Å². The van der Waals surface area contributed by atoms with Gasteiger partial charge in [0.25, 0.3) is 5.69 Å². The van der Waals surface area contributed by atoms with Crippen LogP contribution >= 0.6 is 23.2 Å². The van der Waals surface area contributed by atoms with E-state index in [-0.39, 0.29) is 40.5 Å². The Balaban J connectivity index is 1.61. The fraction of sp³-hybridized carbons (Fsp3) is 0.0952. The molecular weight excluding hydrogens is 434 g/mol. The summed E-state index contributed by atoms with van der Waals surface area (Å²) in [6.45, 7) is 0.0371. The van der Waals surface area contributed by atoms with Crippen molar-refractivity contribution in [3.63, 3.8) is 0 Å². The Kier molecular flexibility index (Phi) is 7.21. The van der Waals surface area contributed by atoms with Crippen molar-refractivity contribution in [2.45, 2.75) is 13.2 Å². The number of rotatable bonds is 8. The monoisotopic (exact) mass is 448 g/mol. The molecule has 0 radical (unpaired) electrons. The van der Waals surface area contributed by atoms with Crippen molar-refractivity contribution in [1.29, 1.82) is 0 Å². The van der Waals surface area contributed by atoms with E-state index in [0.29, 0.717) is 16.7 Å². The Morgan fingerprint density at radius 3 is 2.47 bits per heavy atom. The lowest BCUT2D eigenvalue weighted by Crippen LogP contribution is -2.00. The molecule has 0 aliphatic heterocycles. The zero-order valence-corrected chi connectivity index (χ0v) is 16.9. The number of non-ortho nitro benzene ring substituents is 1. The van der Waals surface area contributed by atoms with Crippen LogP contribution < -0.4 is 4.74 Å². The van der Waals surface area contributed by atoms with E-state index in [2.05, 4.69) is 5.16 Å². The number of oxime groups is 1. The zero-order valence-electron chi connectivity index (χ0n) is 15.4. The second kappa shape index (κ2) is 10.0. The maximum absolute atomic E-state index is 13.7. The predicted molar refractivity (Wildman–Crippen MR) is 113 cm³/mol. The van der Waals surface area contributed by atoms with Crippen LogP contribution in [-0.2, 0) is 18.1 Å². The fourth-order valence-corrected chi connectivity index (χ4v) is 3.14. The van der Waals surface area contributed by atoms with Gasteiger partial charge in [0.1, 0.15) is 19.0 Å². The summed E-state index contributed by atoms with van der Waals surface area (Å²) in [5.41, 5.74) is 1.52. The van der Waals surface area contributed by atoms with Crippen molar-refractivity contribution in [1.82, 2.24) is 0 Å². The molecule has 0 aliphatic rings. The van der Waals surface area contributed by atoms with Crippen molar-refractivity contribution in [3.8, 4) is 5.75 Å². The molecule has 0 saturated heterocycles. The standard InChI is InChI=1S/C21H15Cl2FN2O4/c22-18-9-15(11-25-30-12-14-4-3-6-17(8-14)26(27)28)10-19(23)21(18)29-13-16-5-1-2-7-20(16)24/h1-11H,12-13H2/b25-11-. The average Bonchev–Trinajstić information content (AvgIpc) is 2.72. The molecule has 0 heterocycles. The molecule has 0 spiro atoms. The zero-order chi connectivity index (χ0) is 21.5. The van der Waals surface area contributed by atoms with Gasteiger partial charge in [0.05, 0.1) is 21.2 Å². The minimum atomic E-state index is -0.480. The molecule has 0 atom stereocenters. The van der Waals surface area contributed by atoms with Gasteiger partial charge in [0.15, 0.2) is 5.75 Å². The predicted octanol–water partition coefficient (Wildman–Crippen LogP) is 6.17. The van der Waals surface area contributed by atoms with Crippen molar-refractivity contribution < 1.29 is 18.9 Å². The van der Waals surface area contributed by atoms with Gasteiger partial charge in [0, 0.05) is 17.7 Å². The lowest BCUT2D eigenvalue weighted by molar-refractivity contribution is -0.384. The van der Waals surface area contributed by atoms with Crippen LogP contribution in [0, 0.1) is 15.9 Å². The van der Waals surface area contributed by atoms with E-state index < -0.39 is 4.92 Å². The Labute approximate surface area is 181 Å². The average molecular weight is 449 g/mol. The number of hydrogen-bond donors (Lipinski definition) is 0. The van der Waals surface area contributed by atoms with Crippen LogP contribution in [0.25, 0.3) is 0 Å². The molecule has 0 aromatic heterocycles. The van der Waals surface area contributed by atoms with Crippen LogP contribution in [0.1, 0.15) is 16.7 Å². The minimum Gasteiger partial charge on any atom is -0.486 e. The molecule has 0 aliphatic carbocycles. The second-order valence-corrected chi connectivity index (χ2v) is 6.94. The first-order valence-electron chi connectivity index (χ1n) is 8.68. The highest BCUT2D eigenvalue weighted by Gasteiger charge is 2.11. The van der Waals surface area contributed by atoms with Gasteiger partial charge in [-0.05, 0) is 29.3 Å². The SMILES string of the molecule is O=[N+]([O-])c1cccc(CO/N=C\c2cc(Cl)c(OCc3ccccc3F)c(Cl)c2)c1. The van der Waals surface area contributed by atoms with Crippen molar-refractivity contribution >= 4 is 35.1 Å². The molecule has 3 rings (SSSR count). The Morgan fingerprint density at radius 1 is 1.03 bits per heavy atom. The first-order chi connectivity index (χ1) is 14.4. The number of benzene rings is 3. The van der Waals surface area contributed by atoms with Crippen LogP contribution in [-0.4, -0.2) is 11.1 Å². The second-order valence-electron chi connectivity index (χ2n) is 6.13. The van der Waals surface area contributed by atoms with E-state index in [4.69, 9.17) is 32.8 Å². The molecule has 6 nitrogen and oxygen atoms in total. The van der Waals surface area contributed by atoms with E-state index in [9.17, 15) is 14.5 Å². The molecule has 3 aromatic carbocycles. The summed E-state index contributed by atoms with van der Waals surface area (Å²) in [4.78, 5) is 15.5. The van der Waals surface area contributed by atoms with Crippen LogP contribution in [0.5, 0.6) is 5.75 Å². The van der Waals surface area contributed by atoms with Gasteiger partial charge in [-0.15, -0.1) is 0 Å². The normalized spacial score (nSPS) is 10.9. The summed E-state index contributed by atoms with van der Waals surface area (Å²) < 4.78 is 19.3. The van der Waals surface area contributed by atoms with E-state index in [1.54, 1.807) is 42.5 Å². The van der Waals surface area contributed by atoms with Crippen molar-refractivity contribution in [3.05, 3.63) is 103 Å². The molecule has 9 heteroatoms. The lowest BCUT2D eigenvalue weighted by Gasteiger charge is -2.11. The Hall–Kier alpha value is -3.16. The van der Waals surface area contributed by atoms with E-state index in [1.807, 2.05) is 0 Å². The highest BCUT2D eigenvalue weighted by molar-refractivity contribution is 6.37. The number of nitro groups is 1. The highest BCUT2D eigenvalue weighted by atomic mass is 35.5. The number of nitrogens with zero attached hydrogens (tertiary/aromatic N) is 2. The molecule has 0 unspecified atom stereocenters. The maximum Gasteiger partial charge on any atom is 0.269 e. The van der Waals surface area contributed by atoms with Crippen LogP contribution in [0.4, 0.5) is 10.1 Å². The van der Waals surface area contributed by atoms with E-state index in [0.717, 1.165) is 0 Å². The third kappa shape index (κ3) is 5.68. The summed E-state index contributed by atoms with van der Waals surface area (Å²) in [5, 5.41) is 15.1. The molecule has 0 N–H and O–H groups in total. The molecule has 0 amide bonds. The smallest absolute Gasteiger partial charge is 0.269 e. The Morgan fingerprint density at radius 2 is 1.77 bits per heavy atom. The van der Waals surface area contributed by atoms with Crippen LogP contribution in [0.15, 0.2) is 65.8 Å². The van der Waals surface area contributed by atoms with Gasteiger partial charge in [-0.1, -0.05) is 58.7 Å². The Bertz CT molecular complexity index is 1070. The first kappa shape index (κ1) is 21.5. The summed E-state index contributed by atoms with van der Waals surface area (Å²) in [6, 6.07) is 15.5. The largest absolute Gasteiger partial charge is 0.486 e. The summed E-state index contributed by atoms with van der Waals surface area (Å²) in [5.74, 6) is -0.148. The third-order valence-corrected chi connectivity index (χ3v) is 4.54. The first-order valence-corrected chi connectivity index (χ1v) is 9.43. The quantitative estimate of drug-likeness (QED) is 0.234. The molecular formula is C21H15Cl2FN2O4. The minimum absolute atomic E-state index is 0.0220. The van der Waals surface area contributed by atoms with Gasteiger partial charge >= 0.3 is 0 Å². The van der Waals surface area contributed by atoms with Crippen LogP contribution in [0.2, 0.25) is 10.0 Å². The lowest BCUT2D eigenvalue weighted by atomic mass is 10.2. The van der Waals surface area contributed by atoms with Gasteiger partial charge < -0.3 is 9.57 Å². The molecule has 0 saturated carbocycles. The van der Waals surface area contributed by atoms with E-state index >= 15 is 0 Å². The topological polar surface area (TPSA) is 74.0 Å². The number of halogens is 3. The molecule has 30 heavy (non-hydrogen) atoms. The maximum atomic E-state index is 13.7. The number of hydrogen-bond acceptors (Lipinski definition) is 5. The van der Waals surface area contributed by atoms with E-state index in [1.165, 1.54) is 24.4 Å².